The quantitative estimate of drug-likeness (QED) is 0.699. The topological polar surface area (TPSA) is 59.6 Å². The van der Waals surface area contributed by atoms with Crippen LogP contribution in [-0.4, -0.2) is 16.4 Å². The van der Waals surface area contributed by atoms with Gasteiger partial charge in [-0.1, -0.05) is 29.8 Å². The van der Waals surface area contributed by atoms with Crippen molar-refractivity contribution in [3.8, 4) is 0 Å². The zero-order valence-electron chi connectivity index (χ0n) is 11.7. The van der Waals surface area contributed by atoms with E-state index in [-0.39, 0.29) is 5.76 Å². The van der Waals surface area contributed by atoms with Crippen molar-refractivity contribution in [2.24, 2.45) is 4.36 Å². The van der Waals surface area contributed by atoms with Gasteiger partial charge in [-0.05, 0) is 36.4 Å². The van der Waals surface area contributed by atoms with E-state index in [1.165, 1.54) is 6.26 Å². The number of furan rings is 1. The monoisotopic (exact) mass is 333 g/mol. The fourth-order valence-electron chi connectivity index (χ4n) is 2.03. The lowest BCUT2D eigenvalue weighted by molar-refractivity contribution is 0.0981. The molecule has 6 heteroatoms. The summed E-state index contributed by atoms with van der Waals surface area (Å²) in [6, 6.07) is 15.3. The van der Waals surface area contributed by atoms with Gasteiger partial charge in [0, 0.05) is 21.6 Å². The smallest absolute Gasteiger partial charge is 0.321 e. The number of amides is 1. The predicted molar refractivity (Wildman–Crippen MR) is 86.8 cm³/mol. The Bertz CT molecular complexity index is 933. The van der Waals surface area contributed by atoms with Crippen LogP contribution in [0.2, 0.25) is 5.02 Å². The molecule has 0 spiro atoms. The summed E-state index contributed by atoms with van der Waals surface area (Å²) < 4.78 is 21.9. The first-order valence-corrected chi connectivity index (χ1v) is 8.76. The lowest BCUT2D eigenvalue weighted by atomic mass is 10.2. The average Bonchev–Trinajstić information content (AvgIpc) is 2.91. The summed E-state index contributed by atoms with van der Waals surface area (Å²) in [5, 5.41) is 1.33. The van der Waals surface area contributed by atoms with Crippen molar-refractivity contribution in [1.82, 2.24) is 0 Å². The third kappa shape index (κ3) is 2.91. The number of para-hydroxylation sites is 1. The van der Waals surface area contributed by atoms with Crippen LogP contribution < -0.4 is 0 Å². The first-order valence-electron chi connectivity index (χ1n) is 6.46. The highest BCUT2D eigenvalue weighted by Crippen LogP contribution is 2.21. The molecule has 1 heterocycles. The molecule has 22 heavy (non-hydrogen) atoms. The average molecular weight is 334 g/mol. The molecule has 4 nitrogen and oxygen atoms in total. The van der Waals surface area contributed by atoms with Crippen LogP contribution in [0.15, 0.2) is 68.3 Å². The summed E-state index contributed by atoms with van der Waals surface area (Å²) >= 11 is 5.80. The van der Waals surface area contributed by atoms with Crippen LogP contribution >= 0.6 is 11.6 Å². The van der Waals surface area contributed by atoms with Crippen molar-refractivity contribution in [3.63, 3.8) is 0 Å². The Balaban J connectivity index is 2.00. The van der Waals surface area contributed by atoms with E-state index >= 15 is 0 Å². The summed E-state index contributed by atoms with van der Waals surface area (Å²) in [5.41, 5.74) is 0.593. The van der Waals surface area contributed by atoms with Crippen molar-refractivity contribution in [1.29, 1.82) is 0 Å². The molecule has 1 atom stereocenters. The Morgan fingerprint density at radius 3 is 2.50 bits per heavy atom. The molecular formula is C16H12ClNO3S. The minimum atomic E-state index is -2.86. The van der Waals surface area contributed by atoms with Crippen molar-refractivity contribution in [2.75, 3.05) is 6.26 Å². The maximum absolute atomic E-state index is 12.6. The van der Waals surface area contributed by atoms with Crippen molar-refractivity contribution >= 4 is 38.2 Å². The zero-order chi connectivity index (χ0) is 15.7. The summed E-state index contributed by atoms with van der Waals surface area (Å²) in [7, 11) is -2.86. The SMILES string of the molecule is C[S@@](=O)(=NC(=O)c1cc2ccccc2o1)c1ccc(Cl)cc1. The van der Waals surface area contributed by atoms with Gasteiger partial charge in [-0.2, -0.15) is 4.36 Å². The van der Waals surface area contributed by atoms with E-state index in [1.54, 1.807) is 36.4 Å². The second-order valence-corrected chi connectivity index (χ2v) is 7.50. The number of hydrogen-bond acceptors (Lipinski definition) is 3. The van der Waals surface area contributed by atoms with Crippen LogP contribution in [-0.2, 0) is 9.73 Å². The summed E-state index contributed by atoms with van der Waals surface area (Å²) in [4.78, 5) is 12.7. The van der Waals surface area contributed by atoms with Gasteiger partial charge in [-0.3, -0.25) is 4.79 Å². The van der Waals surface area contributed by atoms with Gasteiger partial charge in [0.1, 0.15) is 5.58 Å². The summed E-state index contributed by atoms with van der Waals surface area (Å²) in [5.74, 6) is -0.566. The number of hydrogen-bond donors (Lipinski definition) is 0. The van der Waals surface area contributed by atoms with E-state index in [0.717, 1.165) is 5.39 Å². The number of benzene rings is 2. The molecule has 0 N–H and O–H groups in total. The standard InChI is InChI=1S/C16H12ClNO3S/c1-22(20,13-8-6-12(17)7-9-13)18-16(19)15-10-11-4-2-3-5-14(11)21-15/h2-10H,1H3/t22-/m0/s1. The Labute approximate surface area is 132 Å². The fourth-order valence-corrected chi connectivity index (χ4v) is 3.31. The van der Waals surface area contributed by atoms with E-state index in [9.17, 15) is 9.00 Å². The third-order valence-electron chi connectivity index (χ3n) is 3.14. The van der Waals surface area contributed by atoms with Crippen molar-refractivity contribution in [3.05, 3.63) is 65.4 Å². The Morgan fingerprint density at radius 1 is 1.14 bits per heavy atom. The van der Waals surface area contributed by atoms with Gasteiger partial charge in [0.25, 0.3) is 0 Å². The van der Waals surface area contributed by atoms with Crippen LogP contribution in [0.4, 0.5) is 0 Å². The van der Waals surface area contributed by atoms with E-state index < -0.39 is 15.6 Å². The molecule has 2 aromatic carbocycles. The minimum absolute atomic E-state index is 0.0738. The first-order chi connectivity index (χ1) is 10.5. The molecule has 0 saturated heterocycles. The number of nitrogens with zero attached hydrogens (tertiary/aromatic N) is 1. The molecule has 0 unspecified atom stereocenters. The van der Waals surface area contributed by atoms with Crippen LogP contribution in [0.3, 0.4) is 0 Å². The predicted octanol–water partition coefficient (Wildman–Crippen LogP) is 4.38. The highest BCUT2D eigenvalue weighted by molar-refractivity contribution is 7.93. The number of carbonyl (C=O) groups excluding carboxylic acids is 1. The zero-order valence-corrected chi connectivity index (χ0v) is 13.2. The highest BCUT2D eigenvalue weighted by atomic mass is 35.5. The fraction of sp³-hybridized carbons (Fsp3) is 0.0625. The molecule has 112 valence electrons. The normalized spacial score (nSPS) is 13.7. The lowest BCUT2D eigenvalue weighted by Gasteiger charge is -2.03. The molecule has 1 aromatic heterocycles. The number of rotatable bonds is 2. The third-order valence-corrected chi connectivity index (χ3v) is 5.06. The first kappa shape index (κ1) is 14.8. The highest BCUT2D eigenvalue weighted by Gasteiger charge is 2.15. The Kier molecular flexibility index (Phi) is 3.76. The van der Waals surface area contributed by atoms with Gasteiger partial charge in [0.15, 0.2) is 5.76 Å². The molecule has 3 aromatic rings. The minimum Gasteiger partial charge on any atom is -0.451 e. The van der Waals surface area contributed by atoms with E-state index in [0.29, 0.717) is 15.5 Å². The maximum atomic E-state index is 12.6. The van der Waals surface area contributed by atoms with Crippen LogP contribution in [0.5, 0.6) is 0 Å². The Hall–Kier alpha value is -2.11. The number of fused-ring (bicyclic) bond motifs is 1. The summed E-state index contributed by atoms with van der Waals surface area (Å²) in [6.45, 7) is 0. The molecular weight excluding hydrogens is 322 g/mol. The molecule has 0 saturated carbocycles. The summed E-state index contributed by atoms with van der Waals surface area (Å²) in [6.07, 6.45) is 1.41. The van der Waals surface area contributed by atoms with Crippen LogP contribution in [0.25, 0.3) is 11.0 Å². The molecule has 0 bridgehead atoms. The largest absolute Gasteiger partial charge is 0.451 e. The second-order valence-electron chi connectivity index (χ2n) is 4.80. The van der Waals surface area contributed by atoms with Gasteiger partial charge < -0.3 is 4.42 Å². The van der Waals surface area contributed by atoms with Crippen molar-refractivity contribution in [2.45, 2.75) is 4.90 Å². The molecule has 0 fully saturated rings. The maximum Gasteiger partial charge on any atom is 0.321 e. The van der Waals surface area contributed by atoms with Gasteiger partial charge in [-0.25, -0.2) is 4.21 Å². The van der Waals surface area contributed by atoms with Crippen LogP contribution in [0.1, 0.15) is 10.6 Å². The van der Waals surface area contributed by atoms with E-state index in [1.807, 2.05) is 18.2 Å². The molecule has 0 radical (unpaired) electrons. The molecule has 0 aliphatic heterocycles. The molecule has 0 aliphatic carbocycles. The molecule has 0 aliphatic rings. The molecule has 1 amide bonds. The number of carbonyl (C=O) groups is 1. The van der Waals surface area contributed by atoms with E-state index in [2.05, 4.69) is 4.36 Å². The van der Waals surface area contributed by atoms with E-state index in [4.69, 9.17) is 16.0 Å². The van der Waals surface area contributed by atoms with Gasteiger partial charge in [0.05, 0.1) is 9.73 Å². The number of halogens is 1. The molecule has 3 rings (SSSR count). The van der Waals surface area contributed by atoms with Gasteiger partial charge in [0.2, 0.25) is 0 Å². The van der Waals surface area contributed by atoms with Gasteiger partial charge >= 0.3 is 5.91 Å². The van der Waals surface area contributed by atoms with Crippen LogP contribution in [0, 0.1) is 0 Å². The van der Waals surface area contributed by atoms with Gasteiger partial charge in [-0.15, -0.1) is 0 Å². The lowest BCUT2D eigenvalue weighted by Crippen LogP contribution is -2.03. The second kappa shape index (κ2) is 5.59. The Morgan fingerprint density at radius 2 is 1.82 bits per heavy atom. The van der Waals surface area contributed by atoms with Crippen molar-refractivity contribution < 1.29 is 13.4 Å².